The van der Waals surface area contributed by atoms with E-state index in [1.165, 1.54) is 172 Å². The van der Waals surface area contributed by atoms with Crippen LogP contribution in [-0.2, 0) is 9.59 Å². The number of nitrogens with two attached hydrogens (primary N) is 1. The maximum Gasteiger partial charge on any atom is 0.230 e. The monoisotopic (exact) mass is 579 g/mol. The fourth-order valence-corrected chi connectivity index (χ4v) is 5.91. The van der Waals surface area contributed by atoms with Crippen molar-refractivity contribution in [2.45, 2.75) is 219 Å². The highest BCUT2D eigenvalue weighted by Crippen LogP contribution is 2.16. The van der Waals surface area contributed by atoms with Gasteiger partial charge in [0.2, 0.25) is 11.8 Å². The van der Waals surface area contributed by atoms with E-state index in [1.807, 2.05) is 0 Å². The molecule has 0 aliphatic carbocycles. The second-order valence-electron chi connectivity index (χ2n) is 12.8. The SMILES string of the molecule is CCCCCCCCCCCCCCCCCC(=O)N(CN)C(=O)CCCCCCCCCCCCCCCCC. The van der Waals surface area contributed by atoms with Crippen LogP contribution in [0.15, 0.2) is 0 Å². The van der Waals surface area contributed by atoms with Gasteiger partial charge in [-0.25, -0.2) is 0 Å². The summed E-state index contributed by atoms with van der Waals surface area (Å²) < 4.78 is 0. The Hall–Kier alpha value is -0.900. The van der Waals surface area contributed by atoms with Crippen LogP contribution in [-0.4, -0.2) is 23.4 Å². The molecule has 0 fully saturated rings. The predicted octanol–water partition coefficient (Wildman–Crippen LogP) is 11.8. The van der Waals surface area contributed by atoms with Crippen molar-refractivity contribution in [1.82, 2.24) is 4.90 Å². The third-order valence-corrected chi connectivity index (χ3v) is 8.77. The normalized spacial score (nSPS) is 11.3. The van der Waals surface area contributed by atoms with E-state index >= 15 is 0 Å². The maximum absolute atomic E-state index is 12.5. The van der Waals surface area contributed by atoms with Gasteiger partial charge in [0.15, 0.2) is 0 Å². The van der Waals surface area contributed by atoms with E-state index in [2.05, 4.69) is 13.8 Å². The minimum absolute atomic E-state index is 0.0230. The first-order chi connectivity index (χ1) is 20.2. The van der Waals surface area contributed by atoms with Crippen molar-refractivity contribution < 1.29 is 9.59 Å². The van der Waals surface area contributed by atoms with E-state index in [4.69, 9.17) is 5.73 Å². The fraction of sp³-hybridized carbons (Fsp3) is 0.946. The van der Waals surface area contributed by atoms with Gasteiger partial charge in [-0.1, -0.05) is 194 Å². The summed E-state index contributed by atoms with van der Waals surface area (Å²) in [5, 5.41) is 0. The molecule has 0 unspecified atom stereocenters. The zero-order valence-electron chi connectivity index (χ0n) is 28.2. The highest BCUT2D eigenvalue weighted by Gasteiger charge is 2.18. The Morgan fingerprint density at radius 2 is 0.561 bits per heavy atom. The van der Waals surface area contributed by atoms with E-state index in [-0.39, 0.29) is 18.5 Å². The topological polar surface area (TPSA) is 63.4 Å². The second-order valence-corrected chi connectivity index (χ2v) is 12.8. The summed E-state index contributed by atoms with van der Waals surface area (Å²) in [6, 6.07) is 0. The average Bonchev–Trinajstić information content (AvgIpc) is 2.97. The average molecular weight is 579 g/mol. The van der Waals surface area contributed by atoms with Crippen LogP contribution in [0, 0.1) is 0 Å². The number of carbonyl (C=O) groups is 2. The molecule has 41 heavy (non-hydrogen) atoms. The van der Waals surface area contributed by atoms with Gasteiger partial charge in [-0.3, -0.25) is 14.5 Å². The molecule has 0 aromatic heterocycles. The third-order valence-electron chi connectivity index (χ3n) is 8.77. The molecule has 0 bridgehead atoms. The van der Waals surface area contributed by atoms with Crippen molar-refractivity contribution in [3.63, 3.8) is 0 Å². The first-order valence-electron chi connectivity index (χ1n) is 18.7. The zero-order chi connectivity index (χ0) is 30.1. The molecular formula is C37H74N2O2. The number of nitrogens with zero attached hydrogens (tertiary/aromatic N) is 1. The minimum atomic E-state index is -0.0758. The Morgan fingerprint density at radius 1 is 0.366 bits per heavy atom. The Bertz CT molecular complexity index is 505. The molecule has 0 saturated heterocycles. The van der Waals surface area contributed by atoms with Crippen LogP contribution in [0.3, 0.4) is 0 Å². The molecule has 4 nitrogen and oxygen atoms in total. The first kappa shape index (κ1) is 40.1. The fourth-order valence-electron chi connectivity index (χ4n) is 5.91. The highest BCUT2D eigenvalue weighted by molar-refractivity contribution is 5.95. The van der Waals surface area contributed by atoms with E-state index in [0.29, 0.717) is 12.8 Å². The molecular weight excluding hydrogens is 504 g/mol. The van der Waals surface area contributed by atoms with Gasteiger partial charge in [0.1, 0.15) is 0 Å². The van der Waals surface area contributed by atoms with Crippen LogP contribution in [0.25, 0.3) is 0 Å². The van der Waals surface area contributed by atoms with Crippen LogP contribution in [0.2, 0.25) is 0 Å². The molecule has 4 heteroatoms. The van der Waals surface area contributed by atoms with Gasteiger partial charge in [-0.05, 0) is 12.8 Å². The molecule has 244 valence electrons. The molecule has 0 heterocycles. The molecule has 0 rings (SSSR count). The summed E-state index contributed by atoms with van der Waals surface area (Å²) in [4.78, 5) is 26.4. The highest BCUT2D eigenvalue weighted by atomic mass is 16.2. The van der Waals surface area contributed by atoms with Crippen molar-refractivity contribution in [2.75, 3.05) is 6.67 Å². The number of hydrogen-bond donors (Lipinski definition) is 1. The van der Waals surface area contributed by atoms with Crippen LogP contribution >= 0.6 is 0 Å². The van der Waals surface area contributed by atoms with E-state index in [0.717, 1.165) is 25.7 Å². The summed E-state index contributed by atoms with van der Waals surface area (Å²) in [7, 11) is 0. The molecule has 2 amide bonds. The van der Waals surface area contributed by atoms with Gasteiger partial charge in [-0.2, -0.15) is 0 Å². The summed E-state index contributed by atoms with van der Waals surface area (Å²) in [5.41, 5.74) is 5.77. The number of carbonyl (C=O) groups excluding carboxylic acids is 2. The number of hydrogen-bond acceptors (Lipinski definition) is 3. The van der Waals surface area contributed by atoms with E-state index in [9.17, 15) is 9.59 Å². The molecule has 0 aromatic carbocycles. The van der Waals surface area contributed by atoms with Gasteiger partial charge in [-0.15, -0.1) is 0 Å². The molecule has 0 aliphatic heterocycles. The maximum atomic E-state index is 12.5. The molecule has 0 radical (unpaired) electrons. The molecule has 0 saturated carbocycles. The molecule has 0 atom stereocenters. The van der Waals surface area contributed by atoms with Crippen LogP contribution < -0.4 is 5.73 Å². The van der Waals surface area contributed by atoms with Crippen LogP contribution in [0.4, 0.5) is 0 Å². The lowest BCUT2D eigenvalue weighted by Gasteiger charge is -2.18. The Kier molecular flexibility index (Phi) is 32.9. The van der Waals surface area contributed by atoms with Gasteiger partial charge in [0, 0.05) is 12.8 Å². The summed E-state index contributed by atoms with van der Waals surface area (Å²) in [6.45, 7) is 4.58. The lowest BCUT2D eigenvalue weighted by molar-refractivity contribution is -0.144. The van der Waals surface area contributed by atoms with Gasteiger partial charge >= 0.3 is 0 Å². The number of imide groups is 1. The van der Waals surface area contributed by atoms with E-state index < -0.39 is 0 Å². The third kappa shape index (κ3) is 29.0. The number of rotatable bonds is 33. The number of unbranched alkanes of at least 4 members (excludes halogenated alkanes) is 28. The van der Waals surface area contributed by atoms with Gasteiger partial charge < -0.3 is 5.73 Å². The summed E-state index contributed by atoms with van der Waals surface area (Å²) in [6.07, 6.45) is 40.3. The molecule has 2 N–H and O–H groups in total. The largest absolute Gasteiger partial charge is 0.313 e. The van der Waals surface area contributed by atoms with Gasteiger partial charge in [0.25, 0.3) is 0 Å². The van der Waals surface area contributed by atoms with E-state index in [1.54, 1.807) is 0 Å². The number of amides is 2. The van der Waals surface area contributed by atoms with Crippen molar-refractivity contribution in [3.05, 3.63) is 0 Å². The van der Waals surface area contributed by atoms with Gasteiger partial charge in [0.05, 0.1) is 6.67 Å². The molecule has 0 spiro atoms. The Morgan fingerprint density at radius 3 is 0.756 bits per heavy atom. The van der Waals surface area contributed by atoms with Crippen molar-refractivity contribution in [1.29, 1.82) is 0 Å². The Balaban J connectivity index is 3.53. The standard InChI is InChI=1S/C37H74N2O2/c1-3-5-7-9-11-13-15-17-19-21-23-25-27-29-31-33-36(40)39(35-38)37(41)34-32-30-28-26-24-22-20-18-16-14-12-10-8-6-4-2/h3-35,38H2,1-2H3. The summed E-state index contributed by atoms with van der Waals surface area (Å²) >= 11 is 0. The lowest BCUT2D eigenvalue weighted by atomic mass is 10.0. The second kappa shape index (κ2) is 33.6. The minimum Gasteiger partial charge on any atom is -0.313 e. The quantitative estimate of drug-likeness (QED) is 0.0622. The predicted molar refractivity (Wildman–Crippen MR) is 180 cm³/mol. The first-order valence-corrected chi connectivity index (χ1v) is 18.7. The van der Waals surface area contributed by atoms with Crippen LogP contribution in [0.1, 0.15) is 219 Å². The van der Waals surface area contributed by atoms with Crippen LogP contribution in [0.5, 0.6) is 0 Å². The molecule has 0 aromatic rings. The lowest BCUT2D eigenvalue weighted by Crippen LogP contribution is -2.40. The van der Waals surface area contributed by atoms with Crippen molar-refractivity contribution in [3.8, 4) is 0 Å². The smallest absolute Gasteiger partial charge is 0.230 e. The van der Waals surface area contributed by atoms with Crippen molar-refractivity contribution >= 4 is 11.8 Å². The molecule has 0 aliphatic rings. The Labute approximate surface area is 257 Å². The zero-order valence-corrected chi connectivity index (χ0v) is 28.2. The van der Waals surface area contributed by atoms with Crippen molar-refractivity contribution in [2.24, 2.45) is 5.73 Å². The summed E-state index contributed by atoms with van der Waals surface area (Å²) in [5.74, 6) is -0.152.